The molecule has 0 aromatic carbocycles. The Hall–Kier alpha value is -2.57. The van der Waals surface area contributed by atoms with Crippen LogP contribution >= 0.6 is 0 Å². The van der Waals surface area contributed by atoms with E-state index in [1.54, 1.807) is 16.9 Å². The maximum absolute atomic E-state index is 12.6. The minimum Gasteiger partial charge on any atom is -0.452 e. The maximum atomic E-state index is 12.6. The Morgan fingerprint density at radius 3 is 2.64 bits per heavy atom. The molecule has 1 saturated carbocycles. The molecule has 7 nitrogen and oxygen atoms in total. The van der Waals surface area contributed by atoms with Gasteiger partial charge in [-0.05, 0) is 46.6 Å². The van der Waals surface area contributed by atoms with Crippen LogP contribution in [0.1, 0.15) is 79.8 Å². The lowest BCUT2D eigenvalue weighted by atomic mass is 9.95. The summed E-state index contributed by atoms with van der Waals surface area (Å²) in [6.45, 7) is 7.61. The molecule has 7 heteroatoms. The SMILES string of the molecule is Cc1cc(C(=O)OCC(=O)Nc2ccnn2C(C)C)c(C)n1C1CCCCC1. The highest BCUT2D eigenvalue weighted by atomic mass is 16.5. The van der Waals surface area contributed by atoms with E-state index in [4.69, 9.17) is 4.74 Å². The zero-order valence-electron chi connectivity index (χ0n) is 17.2. The molecule has 2 aromatic rings. The molecule has 152 valence electrons. The van der Waals surface area contributed by atoms with E-state index in [9.17, 15) is 9.59 Å². The number of aromatic nitrogens is 3. The van der Waals surface area contributed by atoms with Crippen LogP contribution in [0, 0.1) is 13.8 Å². The van der Waals surface area contributed by atoms with E-state index in [-0.39, 0.29) is 18.6 Å². The molecule has 1 fully saturated rings. The summed E-state index contributed by atoms with van der Waals surface area (Å²) in [5.74, 6) is -0.244. The predicted octanol–water partition coefficient (Wildman–Crippen LogP) is 4.18. The van der Waals surface area contributed by atoms with Crippen molar-refractivity contribution in [1.82, 2.24) is 14.3 Å². The first-order chi connectivity index (χ1) is 13.4. The number of amides is 1. The van der Waals surface area contributed by atoms with Crippen molar-refractivity contribution in [3.05, 3.63) is 35.3 Å². The van der Waals surface area contributed by atoms with Gasteiger partial charge in [-0.15, -0.1) is 0 Å². The average molecular weight is 386 g/mol. The van der Waals surface area contributed by atoms with Gasteiger partial charge in [0.25, 0.3) is 5.91 Å². The third kappa shape index (κ3) is 4.29. The number of esters is 1. The second kappa shape index (κ2) is 8.63. The van der Waals surface area contributed by atoms with Gasteiger partial charge in [-0.2, -0.15) is 5.10 Å². The van der Waals surface area contributed by atoms with E-state index in [0.717, 1.165) is 24.2 Å². The second-order valence-electron chi connectivity index (χ2n) is 7.83. The Morgan fingerprint density at radius 1 is 1.25 bits per heavy atom. The molecule has 1 aliphatic carbocycles. The van der Waals surface area contributed by atoms with E-state index in [1.807, 2.05) is 33.8 Å². The van der Waals surface area contributed by atoms with E-state index in [1.165, 1.54) is 19.3 Å². The Morgan fingerprint density at radius 2 is 1.96 bits per heavy atom. The fourth-order valence-electron chi connectivity index (χ4n) is 4.10. The lowest BCUT2D eigenvalue weighted by Crippen LogP contribution is -2.23. The normalized spacial score (nSPS) is 15.0. The van der Waals surface area contributed by atoms with Gasteiger partial charge in [0, 0.05) is 29.5 Å². The first kappa shape index (κ1) is 20.2. The molecular formula is C21H30N4O3. The van der Waals surface area contributed by atoms with Gasteiger partial charge in [-0.1, -0.05) is 19.3 Å². The monoisotopic (exact) mass is 386 g/mol. The summed E-state index contributed by atoms with van der Waals surface area (Å²) in [5, 5.41) is 6.91. The van der Waals surface area contributed by atoms with Crippen molar-refractivity contribution in [1.29, 1.82) is 0 Å². The van der Waals surface area contributed by atoms with Crippen molar-refractivity contribution < 1.29 is 14.3 Å². The number of hydrogen-bond acceptors (Lipinski definition) is 4. The molecule has 1 aliphatic rings. The van der Waals surface area contributed by atoms with Gasteiger partial charge in [0.1, 0.15) is 5.82 Å². The third-order valence-electron chi connectivity index (χ3n) is 5.41. The van der Waals surface area contributed by atoms with Crippen molar-refractivity contribution in [2.75, 3.05) is 11.9 Å². The number of rotatable bonds is 6. The Kier molecular flexibility index (Phi) is 6.21. The fourth-order valence-corrected chi connectivity index (χ4v) is 4.10. The summed E-state index contributed by atoms with van der Waals surface area (Å²) < 4.78 is 9.25. The molecule has 0 spiro atoms. The molecule has 1 N–H and O–H groups in total. The highest BCUT2D eigenvalue weighted by Crippen LogP contribution is 2.32. The van der Waals surface area contributed by atoms with Gasteiger partial charge >= 0.3 is 5.97 Å². The first-order valence-electron chi connectivity index (χ1n) is 10.1. The molecule has 0 bridgehead atoms. The number of nitrogens with zero attached hydrogens (tertiary/aromatic N) is 3. The maximum Gasteiger partial charge on any atom is 0.340 e. The third-order valence-corrected chi connectivity index (χ3v) is 5.41. The molecule has 0 saturated heterocycles. The van der Waals surface area contributed by atoms with E-state index in [2.05, 4.69) is 15.0 Å². The highest BCUT2D eigenvalue weighted by molar-refractivity contribution is 5.95. The van der Waals surface area contributed by atoms with Crippen LogP contribution in [0.15, 0.2) is 18.3 Å². The number of ether oxygens (including phenoxy) is 1. The Labute approximate surface area is 166 Å². The van der Waals surface area contributed by atoms with Gasteiger partial charge < -0.3 is 14.6 Å². The molecule has 28 heavy (non-hydrogen) atoms. The molecule has 1 amide bonds. The summed E-state index contributed by atoms with van der Waals surface area (Å²) in [4.78, 5) is 24.8. The molecule has 2 aromatic heterocycles. The van der Waals surface area contributed by atoms with Crippen LogP contribution in [-0.2, 0) is 9.53 Å². The number of nitrogens with one attached hydrogen (secondary N) is 1. The van der Waals surface area contributed by atoms with Crippen molar-refractivity contribution in [3.63, 3.8) is 0 Å². The van der Waals surface area contributed by atoms with Crippen LogP contribution in [0.4, 0.5) is 5.82 Å². The standard InChI is InChI=1S/C21H30N4O3/c1-14(2)25-19(10-11-22-25)23-20(26)13-28-21(27)18-12-15(3)24(16(18)4)17-8-6-5-7-9-17/h10-12,14,17H,5-9,13H2,1-4H3,(H,23,26). The molecule has 0 radical (unpaired) electrons. The zero-order chi connectivity index (χ0) is 20.3. The predicted molar refractivity (Wildman–Crippen MR) is 108 cm³/mol. The van der Waals surface area contributed by atoms with E-state index < -0.39 is 5.97 Å². The zero-order valence-corrected chi connectivity index (χ0v) is 17.2. The van der Waals surface area contributed by atoms with Crippen LogP contribution in [0.25, 0.3) is 0 Å². The van der Waals surface area contributed by atoms with Gasteiger partial charge in [0.05, 0.1) is 11.8 Å². The van der Waals surface area contributed by atoms with Crippen molar-refractivity contribution in [2.24, 2.45) is 0 Å². The van der Waals surface area contributed by atoms with Gasteiger partial charge in [0.15, 0.2) is 6.61 Å². The fraction of sp³-hybridized carbons (Fsp3) is 0.571. The summed E-state index contributed by atoms with van der Waals surface area (Å²) >= 11 is 0. The van der Waals surface area contributed by atoms with Crippen LogP contribution in [0.3, 0.4) is 0 Å². The highest BCUT2D eigenvalue weighted by Gasteiger charge is 2.23. The number of aryl methyl sites for hydroxylation is 1. The smallest absolute Gasteiger partial charge is 0.340 e. The summed E-state index contributed by atoms with van der Waals surface area (Å²) in [6.07, 6.45) is 7.67. The largest absolute Gasteiger partial charge is 0.452 e. The summed E-state index contributed by atoms with van der Waals surface area (Å²) in [6, 6.07) is 4.17. The van der Waals surface area contributed by atoms with Crippen molar-refractivity contribution in [3.8, 4) is 0 Å². The number of carbonyl (C=O) groups is 2. The van der Waals surface area contributed by atoms with Gasteiger partial charge in [0.2, 0.25) is 0 Å². The van der Waals surface area contributed by atoms with Crippen LogP contribution in [0.2, 0.25) is 0 Å². The Balaban J connectivity index is 1.62. The summed E-state index contributed by atoms with van der Waals surface area (Å²) in [5.41, 5.74) is 2.54. The second-order valence-corrected chi connectivity index (χ2v) is 7.83. The van der Waals surface area contributed by atoms with Gasteiger partial charge in [-0.25, -0.2) is 9.48 Å². The molecular weight excluding hydrogens is 356 g/mol. The molecule has 0 aliphatic heterocycles. The number of anilines is 1. The van der Waals surface area contributed by atoms with Crippen LogP contribution in [-0.4, -0.2) is 32.8 Å². The Bertz CT molecular complexity index is 844. The summed E-state index contributed by atoms with van der Waals surface area (Å²) in [7, 11) is 0. The van der Waals surface area contributed by atoms with E-state index >= 15 is 0 Å². The molecule has 3 rings (SSSR count). The molecule has 0 atom stereocenters. The minimum atomic E-state index is -0.456. The first-order valence-corrected chi connectivity index (χ1v) is 10.1. The number of hydrogen-bond donors (Lipinski definition) is 1. The molecule has 0 unspecified atom stereocenters. The molecule has 2 heterocycles. The van der Waals surface area contributed by atoms with Crippen molar-refractivity contribution in [2.45, 2.75) is 71.9 Å². The lowest BCUT2D eigenvalue weighted by molar-refractivity contribution is -0.119. The number of carbonyl (C=O) groups excluding carboxylic acids is 2. The quantitative estimate of drug-likeness (QED) is 0.755. The van der Waals surface area contributed by atoms with Crippen molar-refractivity contribution >= 4 is 17.7 Å². The van der Waals surface area contributed by atoms with Gasteiger partial charge in [-0.3, -0.25) is 4.79 Å². The minimum absolute atomic E-state index is 0.123. The van der Waals surface area contributed by atoms with Crippen LogP contribution in [0.5, 0.6) is 0 Å². The van der Waals surface area contributed by atoms with E-state index in [0.29, 0.717) is 17.4 Å². The topological polar surface area (TPSA) is 78.2 Å². The average Bonchev–Trinajstić information content (AvgIpc) is 3.24. The lowest BCUT2D eigenvalue weighted by Gasteiger charge is -2.26. The van der Waals surface area contributed by atoms with Crippen LogP contribution < -0.4 is 5.32 Å².